The normalized spacial score (nSPS) is 38.6. The van der Waals surface area contributed by atoms with E-state index in [1.54, 1.807) is 0 Å². The zero-order valence-corrected chi connectivity index (χ0v) is 10.7. The molecule has 1 amide bonds. The minimum absolute atomic E-state index is 0. The van der Waals surface area contributed by atoms with Gasteiger partial charge in [0.05, 0.1) is 12.1 Å². The van der Waals surface area contributed by atoms with E-state index in [2.05, 4.69) is 19.2 Å². The highest BCUT2D eigenvalue weighted by Crippen LogP contribution is 2.23. The van der Waals surface area contributed by atoms with Crippen LogP contribution in [0.2, 0.25) is 0 Å². The Morgan fingerprint density at radius 2 is 1.88 bits per heavy atom. The van der Waals surface area contributed by atoms with Gasteiger partial charge in [0, 0.05) is 19.6 Å². The Morgan fingerprint density at radius 1 is 1.31 bits per heavy atom. The Kier molecular flexibility index (Phi) is 4.59. The standard InChI is InChI=1S/C11H20N2O2.ClH/c1-7-5-13(6-8(7)2)11(15)10-3-9(14)4-12-10;/h7-10,12,14H,3-6H2,1-2H3;1H. The summed E-state index contributed by atoms with van der Waals surface area (Å²) in [7, 11) is 0. The molecule has 0 bridgehead atoms. The van der Waals surface area contributed by atoms with Crippen molar-refractivity contribution in [3.05, 3.63) is 0 Å². The van der Waals surface area contributed by atoms with E-state index < -0.39 is 0 Å². The van der Waals surface area contributed by atoms with Gasteiger partial charge in [-0.25, -0.2) is 0 Å². The van der Waals surface area contributed by atoms with Crippen molar-refractivity contribution in [2.24, 2.45) is 11.8 Å². The van der Waals surface area contributed by atoms with E-state index in [4.69, 9.17) is 0 Å². The molecular weight excluding hydrogens is 228 g/mol. The Labute approximate surface area is 103 Å². The lowest BCUT2D eigenvalue weighted by Crippen LogP contribution is -2.42. The summed E-state index contributed by atoms with van der Waals surface area (Å²) in [5.74, 6) is 1.36. The molecule has 0 aromatic carbocycles. The van der Waals surface area contributed by atoms with E-state index in [9.17, 15) is 9.90 Å². The quantitative estimate of drug-likeness (QED) is 0.699. The van der Waals surface area contributed by atoms with Crippen LogP contribution in [-0.2, 0) is 4.79 Å². The highest BCUT2D eigenvalue weighted by atomic mass is 35.5. The number of amides is 1. The molecule has 2 N–H and O–H groups in total. The molecule has 2 saturated heterocycles. The molecule has 2 fully saturated rings. The van der Waals surface area contributed by atoms with Crippen LogP contribution in [0.1, 0.15) is 20.3 Å². The molecule has 5 heteroatoms. The van der Waals surface area contributed by atoms with Gasteiger partial charge in [0.15, 0.2) is 0 Å². The molecule has 4 nitrogen and oxygen atoms in total. The van der Waals surface area contributed by atoms with Crippen LogP contribution in [0.5, 0.6) is 0 Å². The monoisotopic (exact) mass is 248 g/mol. The van der Waals surface area contributed by atoms with Gasteiger partial charge in [-0.05, 0) is 18.3 Å². The lowest BCUT2D eigenvalue weighted by molar-refractivity contribution is -0.132. The summed E-state index contributed by atoms with van der Waals surface area (Å²) >= 11 is 0. The van der Waals surface area contributed by atoms with Crippen molar-refractivity contribution in [2.75, 3.05) is 19.6 Å². The second-order valence-electron chi connectivity index (χ2n) is 5.05. The van der Waals surface area contributed by atoms with Gasteiger partial charge in [-0.3, -0.25) is 4.79 Å². The molecule has 0 aliphatic carbocycles. The zero-order chi connectivity index (χ0) is 11.0. The summed E-state index contributed by atoms with van der Waals surface area (Å²) in [5, 5.41) is 12.4. The van der Waals surface area contributed by atoms with Crippen LogP contribution in [0, 0.1) is 11.8 Å². The average Bonchev–Trinajstić information content (AvgIpc) is 2.74. The van der Waals surface area contributed by atoms with Gasteiger partial charge >= 0.3 is 0 Å². The van der Waals surface area contributed by atoms with E-state index in [0.29, 0.717) is 24.8 Å². The summed E-state index contributed by atoms with van der Waals surface area (Å²) in [6.07, 6.45) is 0.217. The molecule has 94 valence electrons. The SMILES string of the molecule is CC1CN(C(=O)C2CC(O)CN2)CC1C.Cl. The third kappa shape index (κ3) is 2.67. The maximum atomic E-state index is 12.0. The number of halogens is 1. The van der Waals surface area contributed by atoms with Crippen LogP contribution in [0.15, 0.2) is 0 Å². The van der Waals surface area contributed by atoms with Crippen LogP contribution < -0.4 is 5.32 Å². The van der Waals surface area contributed by atoms with Crippen LogP contribution in [0.25, 0.3) is 0 Å². The molecule has 2 aliphatic rings. The molecule has 0 aromatic rings. The third-order valence-electron chi connectivity index (χ3n) is 3.71. The Morgan fingerprint density at radius 3 is 2.31 bits per heavy atom. The molecule has 0 radical (unpaired) electrons. The lowest BCUT2D eigenvalue weighted by Gasteiger charge is -2.20. The van der Waals surface area contributed by atoms with Gasteiger partial charge in [-0.2, -0.15) is 0 Å². The average molecular weight is 249 g/mol. The van der Waals surface area contributed by atoms with E-state index in [-0.39, 0.29) is 30.5 Å². The number of carbonyl (C=O) groups is 1. The number of hydrogen-bond donors (Lipinski definition) is 2. The van der Waals surface area contributed by atoms with Crippen LogP contribution in [0.4, 0.5) is 0 Å². The first-order valence-corrected chi connectivity index (χ1v) is 5.78. The molecule has 2 aliphatic heterocycles. The van der Waals surface area contributed by atoms with E-state index in [1.165, 1.54) is 0 Å². The molecule has 2 heterocycles. The number of carbonyl (C=O) groups excluding carboxylic acids is 1. The van der Waals surface area contributed by atoms with Gasteiger partial charge in [0.1, 0.15) is 0 Å². The molecule has 16 heavy (non-hydrogen) atoms. The predicted octanol–water partition coefficient (Wildman–Crippen LogP) is 0.245. The Balaban J connectivity index is 0.00000128. The predicted molar refractivity (Wildman–Crippen MR) is 64.6 cm³/mol. The fourth-order valence-electron chi connectivity index (χ4n) is 2.44. The third-order valence-corrected chi connectivity index (χ3v) is 3.71. The lowest BCUT2D eigenvalue weighted by atomic mass is 10.0. The van der Waals surface area contributed by atoms with E-state index in [0.717, 1.165) is 13.1 Å². The van der Waals surface area contributed by atoms with Crippen molar-refractivity contribution in [3.63, 3.8) is 0 Å². The number of likely N-dealkylation sites (tertiary alicyclic amines) is 1. The summed E-state index contributed by atoms with van der Waals surface area (Å²) in [6.45, 7) is 6.67. The zero-order valence-electron chi connectivity index (χ0n) is 9.85. The summed E-state index contributed by atoms with van der Waals surface area (Å²) in [6, 6.07) is -0.155. The Bertz CT molecular complexity index is 252. The largest absolute Gasteiger partial charge is 0.392 e. The first-order chi connectivity index (χ1) is 7.08. The second-order valence-corrected chi connectivity index (χ2v) is 5.05. The van der Waals surface area contributed by atoms with Crippen LogP contribution >= 0.6 is 12.4 Å². The van der Waals surface area contributed by atoms with Gasteiger partial charge < -0.3 is 15.3 Å². The number of nitrogens with one attached hydrogen (secondary N) is 1. The first-order valence-electron chi connectivity index (χ1n) is 5.78. The number of nitrogens with zero attached hydrogens (tertiary/aromatic N) is 1. The molecule has 4 atom stereocenters. The van der Waals surface area contributed by atoms with Crippen molar-refractivity contribution >= 4 is 18.3 Å². The minimum atomic E-state index is -0.351. The summed E-state index contributed by atoms with van der Waals surface area (Å²) < 4.78 is 0. The van der Waals surface area contributed by atoms with Crippen molar-refractivity contribution in [2.45, 2.75) is 32.4 Å². The molecule has 4 unspecified atom stereocenters. The molecule has 0 saturated carbocycles. The van der Waals surface area contributed by atoms with E-state index in [1.807, 2.05) is 4.90 Å². The molecule has 0 spiro atoms. The van der Waals surface area contributed by atoms with Crippen LogP contribution in [-0.4, -0.2) is 47.7 Å². The van der Waals surface area contributed by atoms with Crippen molar-refractivity contribution in [1.82, 2.24) is 10.2 Å². The summed E-state index contributed by atoms with van der Waals surface area (Å²) in [5.41, 5.74) is 0. The number of aliphatic hydroxyl groups is 1. The van der Waals surface area contributed by atoms with Crippen molar-refractivity contribution in [3.8, 4) is 0 Å². The maximum absolute atomic E-state index is 12.0. The van der Waals surface area contributed by atoms with Gasteiger partial charge in [-0.1, -0.05) is 13.8 Å². The molecule has 0 aromatic heterocycles. The summed E-state index contributed by atoms with van der Waals surface area (Å²) in [4.78, 5) is 14.0. The topological polar surface area (TPSA) is 52.6 Å². The van der Waals surface area contributed by atoms with Crippen molar-refractivity contribution in [1.29, 1.82) is 0 Å². The van der Waals surface area contributed by atoms with Gasteiger partial charge in [0.25, 0.3) is 0 Å². The Hall–Kier alpha value is -0.320. The fraction of sp³-hybridized carbons (Fsp3) is 0.909. The number of rotatable bonds is 1. The highest BCUT2D eigenvalue weighted by molar-refractivity contribution is 5.85. The number of aliphatic hydroxyl groups excluding tert-OH is 1. The molecular formula is C11H21ClN2O2. The smallest absolute Gasteiger partial charge is 0.239 e. The first kappa shape index (κ1) is 13.7. The maximum Gasteiger partial charge on any atom is 0.239 e. The van der Waals surface area contributed by atoms with Crippen molar-refractivity contribution < 1.29 is 9.90 Å². The molecule has 2 rings (SSSR count). The minimum Gasteiger partial charge on any atom is -0.392 e. The highest BCUT2D eigenvalue weighted by Gasteiger charge is 2.36. The number of hydrogen-bond acceptors (Lipinski definition) is 3. The van der Waals surface area contributed by atoms with E-state index >= 15 is 0 Å². The van der Waals surface area contributed by atoms with Crippen LogP contribution in [0.3, 0.4) is 0 Å². The van der Waals surface area contributed by atoms with Gasteiger partial charge in [0.2, 0.25) is 5.91 Å². The number of β-amino-alcohol motifs (C(OH)–C–C–N with tert-alkyl or cyclic N) is 1. The van der Waals surface area contributed by atoms with Gasteiger partial charge in [-0.15, -0.1) is 12.4 Å². The second kappa shape index (κ2) is 5.34. The fourth-order valence-corrected chi connectivity index (χ4v) is 2.44.